The van der Waals surface area contributed by atoms with E-state index in [9.17, 15) is 8.78 Å². The molecule has 0 fully saturated rings. The molecule has 0 saturated heterocycles. The van der Waals surface area contributed by atoms with Gasteiger partial charge in [0.15, 0.2) is 6.10 Å². The molecule has 12 heavy (non-hydrogen) atoms. The third kappa shape index (κ3) is 1.89. The second-order valence-electron chi connectivity index (χ2n) is 2.02. The van der Waals surface area contributed by atoms with Crippen LogP contribution in [0.1, 0.15) is 11.8 Å². The Hall–Kier alpha value is -0.750. The summed E-state index contributed by atoms with van der Waals surface area (Å²) in [4.78, 5) is 3.62. The lowest BCUT2D eigenvalue weighted by Gasteiger charge is -2.04. The molecular formula is C6H7F2NO2S. The van der Waals surface area contributed by atoms with Crippen molar-refractivity contribution in [1.29, 1.82) is 0 Å². The number of aliphatic hydroxyl groups is 1. The van der Waals surface area contributed by atoms with Gasteiger partial charge in [-0.3, -0.25) is 0 Å². The van der Waals surface area contributed by atoms with Gasteiger partial charge < -0.3 is 9.84 Å². The Morgan fingerprint density at radius 1 is 1.67 bits per heavy atom. The van der Waals surface area contributed by atoms with E-state index in [0.717, 1.165) is 11.3 Å². The lowest BCUT2D eigenvalue weighted by atomic mass is 10.3. The molecular weight excluding hydrogens is 188 g/mol. The molecule has 0 aromatic carbocycles. The first-order chi connectivity index (χ1) is 5.65. The molecule has 0 aliphatic carbocycles. The van der Waals surface area contributed by atoms with E-state index in [2.05, 4.69) is 9.72 Å². The van der Waals surface area contributed by atoms with Crippen molar-refractivity contribution in [3.05, 3.63) is 11.1 Å². The highest BCUT2D eigenvalue weighted by Gasteiger charge is 2.21. The molecule has 0 aliphatic heterocycles. The molecule has 1 unspecified atom stereocenters. The van der Waals surface area contributed by atoms with Crippen LogP contribution in [0.25, 0.3) is 0 Å². The normalized spacial score (nSPS) is 13.4. The number of aliphatic hydroxyl groups excluding tert-OH is 1. The molecule has 1 rings (SSSR count). The van der Waals surface area contributed by atoms with Crippen molar-refractivity contribution in [3.8, 4) is 5.19 Å². The van der Waals surface area contributed by atoms with Crippen LogP contribution in [-0.2, 0) is 0 Å². The fourth-order valence-corrected chi connectivity index (χ4v) is 1.30. The highest BCUT2D eigenvalue weighted by atomic mass is 32.1. The van der Waals surface area contributed by atoms with Gasteiger partial charge >= 0.3 is 0 Å². The molecule has 68 valence electrons. The number of rotatable bonds is 3. The number of thiazole rings is 1. The maximum Gasteiger partial charge on any atom is 0.273 e. The summed E-state index contributed by atoms with van der Waals surface area (Å²) in [6.07, 6.45) is -4.62. The number of halogens is 2. The Morgan fingerprint density at radius 3 is 2.75 bits per heavy atom. The fourth-order valence-electron chi connectivity index (χ4n) is 0.628. The zero-order valence-corrected chi connectivity index (χ0v) is 7.02. The van der Waals surface area contributed by atoms with Crippen molar-refractivity contribution < 1.29 is 18.6 Å². The average Bonchev–Trinajstić information content (AvgIpc) is 2.50. The average molecular weight is 195 g/mol. The van der Waals surface area contributed by atoms with Gasteiger partial charge in [-0.25, -0.2) is 13.8 Å². The summed E-state index contributed by atoms with van der Waals surface area (Å²) < 4.78 is 28.5. The van der Waals surface area contributed by atoms with E-state index < -0.39 is 12.5 Å². The van der Waals surface area contributed by atoms with E-state index in [-0.39, 0.29) is 10.9 Å². The van der Waals surface area contributed by atoms with Crippen LogP contribution in [0.15, 0.2) is 5.38 Å². The minimum absolute atomic E-state index is 0.0492. The van der Waals surface area contributed by atoms with Gasteiger partial charge in [0.2, 0.25) is 0 Å². The third-order valence-corrected chi connectivity index (χ3v) is 2.04. The third-order valence-electron chi connectivity index (χ3n) is 1.22. The summed E-state index contributed by atoms with van der Waals surface area (Å²) >= 11 is 1.07. The van der Waals surface area contributed by atoms with Crippen molar-refractivity contribution in [2.45, 2.75) is 12.5 Å². The largest absolute Gasteiger partial charge is 0.473 e. The molecule has 1 aromatic rings. The molecule has 0 amide bonds. The predicted molar refractivity (Wildman–Crippen MR) is 39.6 cm³/mol. The first kappa shape index (κ1) is 9.34. The summed E-state index contributed by atoms with van der Waals surface area (Å²) in [5.74, 6) is 0. The second-order valence-corrected chi connectivity index (χ2v) is 2.84. The molecule has 1 aromatic heterocycles. The smallest absolute Gasteiger partial charge is 0.273 e. The summed E-state index contributed by atoms with van der Waals surface area (Å²) in [5, 5.41) is 10.5. The number of nitrogens with zero attached hydrogens (tertiary/aromatic N) is 1. The first-order valence-electron chi connectivity index (χ1n) is 3.10. The number of methoxy groups -OCH3 is 1. The summed E-state index contributed by atoms with van der Waals surface area (Å²) in [6, 6.07) is 0. The van der Waals surface area contributed by atoms with Gasteiger partial charge in [0.1, 0.15) is 0 Å². The lowest BCUT2D eigenvalue weighted by molar-refractivity contribution is -0.00803. The Labute approximate surface area is 71.6 Å². The van der Waals surface area contributed by atoms with Crippen molar-refractivity contribution in [1.82, 2.24) is 4.98 Å². The maximum absolute atomic E-state index is 11.9. The van der Waals surface area contributed by atoms with Crippen LogP contribution < -0.4 is 4.74 Å². The van der Waals surface area contributed by atoms with E-state index in [1.165, 1.54) is 12.5 Å². The van der Waals surface area contributed by atoms with Crippen molar-refractivity contribution in [2.75, 3.05) is 7.11 Å². The molecule has 1 atom stereocenters. The van der Waals surface area contributed by atoms with E-state index >= 15 is 0 Å². The van der Waals surface area contributed by atoms with Crippen LogP contribution in [0.4, 0.5) is 8.78 Å². The van der Waals surface area contributed by atoms with Crippen molar-refractivity contribution in [2.24, 2.45) is 0 Å². The number of alkyl halides is 2. The Balaban J connectivity index is 2.74. The fraction of sp³-hybridized carbons (Fsp3) is 0.500. The summed E-state index contributed by atoms with van der Waals surface area (Å²) in [5.41, 5.74) is -0.0492. The molecule has 1 heterocycles. The van der Waals surface area contributed by atoms with Gasteiger partial charge in [0.25, 0.3) is 11.6 Å². The Bertz CT molecular complexity index is 253. The monoisotopic (exact) mass is 195 g/mol. The van der Waals surface area contributed by atoms with Crippen LogP contribution in [0.3, 0.4) is 0 Å². The highest BCUT2D eigenvalue weighted by molar-refractivity contribution is 7.11. The van der Waals surface area contributed by atoms with Gasteiger partial charge in [0.05, 0.1) is 12.8 Å². The molecule has 0 saturated carbocycles. The van der Waals surface area contributed by atoms with Crippen LogP contribution in [0.2, 0.25) is 0 Å². The number of hydrogen-bond donors (Lipinski definition) is 1. The van der Waals surface area contributed by atoms with Crippen molar-refractivity contribution in [3.63, 3.8) is 0 Å². The molecule has 6 heteroatoms. The predicted octanol–water partition coefficient (Wildman–Crippen LogP) is 1.45. The lowest BCUT2D eigenvalue weighted by Crippen LogP contribution is -2.08. The molecule has 0 bridgehead atoms. The first-order valence-corrected chi connectivity index (χ1v) is 3.98. The SMILES string of the molecule is COc1nc(C(O)C(F)F)cs1. The zero-order chi connectivity index (χ0) is 9.14. The standard InChI is InChI=1S/C6H7F2NO2S/c1-11-6-9-3(2-12-6)4(10)5(7)8/h2,4-5,10H,1H3. The zero-order valence-electron chi connectivity index (χ0n) is 6.20. The minimum Gasteiger partial charge on any atom is -0.473 e. The summed E-state index contributed by atoms with van der Waals surface area (Å²) in [6.45, 7) is 0. The van der Waals surface area contributed by atoms with Gasteiger partial charge in [-0.2, -0.15) is 0 Å². The van der Waals surface area contributed by atoms with E-state index in [0.29, 0.717) is 0 Å². The van der Waals surface area contributed by atoms with E-state index in [1.54, 1.807) is 0 Å². The number of aromatic nitrogens is 1. The Kier molecular flexibility index (Phi) is 2.93. The topological polar surface area (TPSA) is 42.4 Å². The van der Waals surface area contributed by atoms with Gasteiger partial charge in [-0.1, -0.05) is 11.3 Å². The Morgan fingerprint density at radius 2 is 2.33 bits per heavy atom. The van der Waals surface area contributed by atoms with Crippen LogP contribution >= 0.6 is 11.3 Å². The second kappa shape index (κ2) is 3.77. The molecule has 0 spiro atoms. The van der Waals surface area contributed by atoms with Gasteiger partial charge in [-0.05, 0) is 0 Å². The van der Waals surface area contributed by atoms with Gasteiger partial charge in [0, 0.05) is 5.38 Å². The van der Waals surface area contributed by atoms with Crippen LogP contribution in [0, 0.1) is 0 Å². The summed E-state index contributed by atoms with van der Waals surface area (Å²) in [7, 11) is 1.39. The van der Waals surface area contributed by atoms with Gasteiger partial charge in [-0.15, -0.1) is 0 Å². The van der Waals surface area contributed by atoms with Crippen LogP contribution in [0.5, 0.6) is 5.19 Å². The minimum atomic E-state index is -2.81. The number of hydrogen-bond acceptors (Lipinski definition) is 4. The maximum atomic E-state index is 11.9. The molecule has 3 nitrogen and oxygen atoms in total. The molecule has 1 N–H and O–H groups in total. The number of ether oxygens (including phenoxy) is 1. The van der Waals surface area contributed by atoms with E-state index in [4.69, 9.17) is 5.11 Å². The molecule has 0 radical (unpaired) electrons. The van der Waals surface area contributed by atoms with Crippen LogP contribution in [-0.4, -0.2) is 23.6 Å². The molecule has 0 aliphatic rings. The highest BCUT2D eigenvalue weighted by Crippen LogP contribution is 2.25. The van der Waals surface area contributed by atoms with E-state index in [1.807, 2.05) is 0 Å². The van der Waals surface area contributed by atoms with Crippen molar-refractivity contribution >= 4 is 11.3 Å². The quantitative estimate of drug-likeness (QED) is 0.793.